The highest BCUT2D eigenvalue weighted by Crippen LogP contribution is 2.23. The summed E-state index contributed by atoms with van der Waals surface area (Å²) >= 11 is 0. The lowest BCUT2D eigenvalue weighted by Crippen LogP contribution is -2.41. The van der Waals surface area contributed by atoms with Crippen molar-refractivity contribution in [2.24, 2.45) is 11.7 Å². The van der Waals surface area contributed by atoms with E-state index in [-0.39, 0.29) is 17.9 Å². The molecule has 1 unspecified atom stereocenters. The van der Waals surface area contributed by atoms with E-state index in [4.69, 9.17) is 15.2 Å². The monoisotopic (exact) mass is 302 g/mol. The first-order valence-electron chi connectivity index (χ1n) is 7.89. The van der Waals surface area contributed by atoms with E-state index in [1.165, 1.54) is 0 Å². The predicted molar refractivity (Wildman–Crippen MR) is 80.9 cm³/mol. The fourth-order valence-corrected chi connectivity index (χ4v) is 2.51. The van der Waals surface area contributed by atoms with Gasteiger partial charge < -0.3 is 25.6 Å². The molecule has 0 aromatic heterocycles. The summed E-state index contributed by atoms with van der Waals surface area (Å²) in [5, 5.41) is 13.2. The Balaban J connectivity index is 2.01. The van der Waals surface area contributed by atoms with Crippen molar-refractivity contribution < 1.29 is 19.4 Å². The van der Waals surface area contributed by atoms with E-state index in [2.05, 4.69) is 5.32 Å². The molecular formula is C15H30N2O4. The molecule has 0 bridgehead atoms. The molecule has 1 aliphatic carbocycles. The van der Waals surface area contributed by atoms with Crippen LogP contribution in [0.25, 0.3) is 0 Å². The van der Waals surface area contributed by atoms with Crippen LogP contribution in [0.2, 0.25) is 0 Å². The zero-order valence-corrected chi connectivity index (χ0v) is 13.2. The molecule has 124 valence electrons. The first-order chi connectivity index (χ1) is 9.99. The molecule has 21 heavy (non-hydrogen) atoms. The number of amides is 1. The predicted octanol–water partition coefficient (Wildman–Crippen LogP) is 0.423. The lowest BCUT2D eigenvalue weighted by molar-refractivity contribution is -0.122. The van der Waals surface area contributed by atoms with Gasteiger partial charge in [0.1, 0.15) is 0 Å². The molecule has 0 aromatic rings. The van der Waals surface area contributed by atoms with Gasteiger partial charge in [-0.05, 0) is 39.5 Å². The number of rotatable bonds is 10. The second-order valence-electron chi connectivity index (χ2n) is 6.01. The number of carbonyl (C=O) groups is 1. The number of hydrogen-bond donors (Lipinski definition) is 3. The van der Waals surface area contributed by atoms with Gasteiger partial charge in [0.25, 0.3) is 0 Å². The summed E-state index contributed by atoms with van der Waals surface area (Å²) in [6.07, 6.45) is 3.24. The second-order valence-corrected chi connectivity index (χ2v) is 6.01. The van der Waals surface area contributed by atoms with E-state index in [9.17, 15) is 9.90 Å². The quantitative estimate of drug-likeness (QED) is 0.509. The molecule has 0 saturated heterocycles. The minimum atomic E-state index is -0.516. The molecule has 0 aliphatic heterocycles. The fraction of sp³-hybridized carbons (Fsp3) is 0.933. The summed E-state index contributed by atoms with van der Waals surface area (Å²) in [7, 11) is 0. The van der Waals surface area contributed by atoms with Crippen LogP contribution in [0.4, 0.5) is 0 Å². The van der Waals surface area contributed by atoms with Crippen LogP contribution in [0.3, 0.4) is 0 Å². The summed E-state index contributed by atoms with van der Waals surface area (Å²) < 4.78 is 10.7. The SMILES string of the molecule is CC(C)OCCOCC(O)CNC1CCC(C(N)=O)CC1. The number of carbonyl (C=O) groups excluding carboxylic acids is 1. The van der Waals surface area contributed by atoms with Crippen molar-refractivity contribution >= 4 is 5.91 Å². The van der Waals surface area contributed by atoms with Gasteiger partial charge in [0.15, 0.2) is 0 Å². The van der Waals surface area contributed by atoms with Crippen LogP contribution in [0, 0.1) is 5.92 Å². The van der Waals surface area contributed by atoms with Crippen molar-refractivity contribution in [2.75, 3.05) is 26.4 Å². The molecule has 1 saturated carbocycles. The van der Waals surface area contributed by atoms with Crippen LogP contribution in [0.15, 0.2) is 0 Å². The largest absolute Gasteiger partial charge is 0.389 e. The Morgan fingerprint density at radius 1 is 1.29 bits per heavy atom. The maximum Gasteiger partial charge on any atom is 0.220 e. The number of primary amides is 1. The van der Waals surface area contributed by atoms with Gasteiger partial charge in [-0.3, -0.25) is 4.79 Å². The molecule has 1 rings (SSSR count). The molecule has 1 aliphatic rings. The highest BCUT2D eigenvalue weighted by molar-refractivity contribution is 5.76. The molecule has 1 fully saturated rings. The maximum absolute atomic E-state index is 11.1. The number of ether oxygens (including phenoxy) is 2. The Bertz CT molecular complexity index is 291. The number of aliphatic hydroxyl groups excluding tert-OH is 1. The van der Waals surface area contributed by atoms with Crippen LogP contribution in [-0.2, 0) is 14.3 Å². The molecule has 0 aromatic carbocycles. The number of nitrogens with two attached hydrogens (primary N) is 1. The van der Waals surface area contributed by atoms with Gasteiger partial charge in [-0.2, -0.15) is 0 Å². The van der Waals surface area contributed by atoms with Gasteiger partial charge in [0, 0.05) is 18.5 Å². The minimum Gasteiger partial charge on any atom is -0.389 e. The average molecular weight is 302 g/mol. The van der Waals surface area contributed by atoms with E-state index in [0.717, 1.165) is 25.7 Å². The van der Waals surface area contributed by atoms with E-state index < -0.39 is 6.10 Å². The van der Waals surface area contributed by atoms with E-state index >= 15 is 0 Å². The smallest absolute Gasteiger partial charge is 0.220 e. The second kappa shape index (κ2) is 10.1. The minimum absolute atomic E-state index is 0.0252. The third kappa shape index (κ3) is 8.36. The molecule has 4 N–H and O–H groups in total. The summed E-state index contributed by atoms with van der Waals surface area (Å²) in [5.41, 5.74) is 5.31. The summed E-state index contributed by atoms with van der Waals surface area (Å²) in [4.78, 5) is 11.1. The highest BCUT2D eigenvalue weighted by Gasteiger charge is 2.24. The van der Waals surface area contributed by atoms with Crippen LogP contribution >= 0.6 is 0 Å². The van der Waals surface area contributed by atoms with Crippen molar-refractivity contribution in [3.63, 3.8) is 0 Å². The third-order valence-corrected chi connectivity index (χ3v) is 3.76. The van der Waals surface area contributed by atoms with Crippen molar-refractivity contribution in [2.45, 2.75) is 57.8 Å². The maximum atomic E-state index is 11.1. The Morgan fingerprint density at radius 2 is 1.95 bits per heavy atom. The van der Waals surface area contributed by atoms with Crippen LogP contribution < -0.4 is 11.1 Å². The molecule has 1 amide bonds. The molecule has 0 spiro atoms. The lowest BCUT2D eigenvalue weighted by Gasteiger charge is -2.28. The zero-order valence-electron chi connectivity index (χ0n) is 13.2. The Morgan fingerprint density at radius 3 is 2.52 bits per heavy atom. The van der Waals surface area contributed by atoms with E-state index in [1.54, 1.807) is 0 Å². The zero-order chi connectivity index (χ0) is 15.7. The highest BCUT2D eigenvalue weighted by atomic mass is 16.5. The molecule has 6 heteroatoms. The van der Waals surface area contributed by atoms with Crippen LogP contribution in [0.1, 0.15) is 39.5 Å². The Labute approximate surface area is 127 Å². The Kier molecular flexibility index (Phi) is 8.84. The van der Waals surface area contributed by atoms with Gasteiger partial charge in [0.2, 0.25) is 5.91 Å². The first kappa shape index (κ1) is 18.4. The molecule has 0 radical (unpaired) electrons. The first-order valence-corrected chi connectivity index (χ1v) is 7.89. The fourth-order valence-electron chi connectivity index (χ4n) is 2.51. The lowest BCUT2D eigenvalue weighted by atomic mass is 9.85. The standard InChI is InChI=1S/C15H30N2O4/c1-11(2)21-8-7-20-10-14(18)9-17-13-5-3-12(4-6-13)15(16)19/h11-14,17-18H,3-10H2,1-2H3,(H2,16,19). The molecule has 1 atom stereocenters. The third-order valence-electron chi connectivity index (χ3n) is 3.76. The van der Waals surface area contributed by atoms with Crippen LogP contribution in [0.5, 0.6) is 0 Å². The van der Waals surface area contributed by atoms with Crippen molar-refractivity contribution in [1.82, 2.24) is 5.32 Å². The Hall–Kier alpha value is -0.690. The number of hydrogen-bond acceptors (Lipinski definition) is 5. The number of aliphatic hydroxyl groups is 1. The van der Waals surface area contributed by atoms with E-state index in [1.807, 2.05) is 13.8 Å². The van der Waals surface area contributed by atoms with Crippen LogP contribution in [-0.4, -0.2) is 55.6 Å². The summed E-state index contributed by atoms with van der Waals surface area (Å²) in [6.45, 7) is 5.83. The van der Waals surface area contributed by atoms with Crippen molar-refractivity contribution in [1.29, 1.82) is 0 Å². The number of nitrogens with one attached hydrogen (secondary N) is 1. The van der Waals surface area contributed by atoms with Crippen molar-refractivity contribution in [3.05, 3.63) is 0 Å². The van der Waals surface area contributed by atoms with Crippen molar-refractivity contribution in [3.8, 4) is 0 Å². The van der Waals surface area contributed by atoms with Gasteiger partial charge in [-0.15, -0.1) is 0 Å². The normalized spacial score (nSPS) is 24.2. The average Bonchev–Trinajstić information content (AvgIpc) is 2.44. The van der Waals surface area contributed by atoms with Gasteiger partial charge in [0.05, 0.1) is 32.0 Å². The molecule has 6 nitrogen and oxygen atoms in total. The van der Waals surface area contributed by atoms with E-state index in [0.29, 0.717) is 32.4 Å². The van der Waals surface area contributed by atoms with Gasteiger partial charge >= 0.3 is 0 Å². The summed E-state index contributed by atoms with van der Waals surface area (Å²) in [5.74, 6) is -0.164. The topological polar surface area (TPSA) is 93.8 Å². The van der Waals surface area contributed by atoms with Gasteiger partial charge in [-0.1, -0.05) is 0 Å². The summed E-state index contributed by atoms with van der Waals surface area (Å²) in [6, 6.07) is 0.361. The molecular weight excluding hydrogens is 272 g/mol. The van der Waals surface area contributed by atoms with Gasteiger partial charge in [-0.25, -0.2) is 0 Å². The molecule has 0 heterocycles.